The summed E-state index contributed by atoms with van der Waals surface area (Å²) >= 11 is 1.72. The zero-order valence-electron chi connectivity index (χ0n) is 10.2. The summed E-state index contributed by atoms with van der Waals surface area (Å²) in [7, 11) is 0. The zero-order chi connectivity index (χ0) is 12.4. The van der Waals surface area contributed by atoms with Gasteiger partial charge in [0.1, 0.15) is 5.01 Å². The molecular formula is C14H17N3S. The minimum absolute atomic E-state index is 0.332. The molecule has 0 spiro atoms. The van der Waals surface area contributed by atoms with Gasteiger partial charge in [-0.15, -0.1) is 11.3 Å². The minimum Gasteiger partial charge on any atom is -0.329 e. The number of nitrogens with zero attached hydrogens (tertiary/aromatic N) is 2. The lowest BCUT2D eigenvalue weighted by Crippen LogP contribution is -2.38. The van der Waals surface area contributed by atoms with Crippen molar-refractivity contribution in [1.29, 1.82) is 0 Å². The Bertz CT molecular complexity index is 510. The van der Waals surface area contributed by atoms with Gasteiger partial charge < -0.3 is 5.73 Å². The molecule has 2 N–H and O–H groups in total. The van der Waals surface area contributed by atoms with Gasteiger partial charge >= 0.3 is 0 Å². The highest BCUT2D eigenvalue weighted by Gasteiger charge is 2.26. The average molecular weight is 259 g/mol. The summed E-state index contributed by atoms with van der Waals surface area (Å²) in [5, 5.41) is 3.21. The first kappa shape index (κ1) is 11.8. The van der Waals surface area contributed by atoms with E-state index < -0.39 is 0 Å². The van der Waals surface area contributed by atoms with Crippen LogP contribution in [0, 0.1) is 0 Å². The SMILES string of the molecule is NCC1c2ccccc2CCN1Cc1nccs1. The summed E-state index contributed by atoms with van der Waals surface area (Å²) in [6.45, 7) is 2.65. The first-order valence-corrected chi connectivity index (χ1v) is 7.16. The normalized spacial score (nSPS) is 19.7. The number of aromatic nitrogens is 1. The number of fused-ring (bicyclic) bond motifs is 1. The number of benzene rings is 1. The number of thiazole rings is 1. The number of hydrogen-bond acceptors (Lipinski definition) is 4. The van der Waals surface area contributed by atoms with Crippen molar-refractivity contribution >= 4 is 11.3 Å². The molecular weight excluding hydrogens is 242 g/mol. The van der Waals surface area contributed by atoms with Crippen molar-refractivity contribution in [1.82, 2.24) is 9.88 Å². The Morgan fingerprint density at radius 1 is 1.39 bits per heavy atom. The maximum atomic E-state index is 5.98. The summed E-state index contributed by atoms with van der Waals surface area (Å²) < 4.78 is 0. The van der Waals surface area contributed by atoms with E-state index in [2.05, 4.69) is 34.1 Å². The van der Waals surface area contributed by atoms with Gasteiger partial charge in [0, 0.05) is 30.7 Å². The molecule has 2 heterocycles. The lowest BCUT2D eigenvalue weighted by atomic mass is 9.92. The van der Waals surface area contributed by atoms with E-state index in [1.54, 1.807) is 11.3 Å². The quantitative estimate of drug-likeness (QED) is 0.919. The highest BCUT2D eigenvalue weighted by Crippen LogP contribution is 2.30. The third-order valence-corrected chi connectivity index (χ3v) is 4.33. The first-order valence-electron chi connectivity index (χ1n) is 6.29. The standard InChI is InChI=1S/C14H17N3S/c15-9-13-12-4-2-1-3-11(12)5-7-17(13)10-14-16-6-8-18-14/h1-4,6,8,13H,5,7,9-10,15H2. The van der Waals surface area contributed by atoms with Crippen LogP contribution < -0.4 is 5.73 Å². The van der Waals surface area contributed by atoms with Gasteiger partial charge in [-0.3, -0.25) is 4.90 Å². The largest absolute Gasteiger partial charge is 0.329 e. The number of rotatable bonds is 3. The molecule has 0 saturated heterocycles. The van der Waals surface area contributed by atoms with Gasteiger partial charge in [0.25, 0.3) is 0 Å². The lowest BCUT2D eigenvalue weighted by molar-refractivity contribution is 0.180. The van der Waals surface area contributed by atoms with E-state index >= 15 is 0 Å². The average Bonchev–Trinajstić information content (AvgIpc) is 2.91. The molecule has 1 aliphatic heterocycles. The van der Waals surface area contributed by atoms with E-state index in [-0.39, 0.29) is 0 Å². The van der Waals surface area contributed by atoms with Gasteiger partial charge in [-0.1, -0.05) is 24.3 Å². The molecule has 0 aliphatic carbocycles. The van der Waals surface area contributed by atoms with Gasteiger partial charge in [-0.05, 0) is 17.5 Å². The molecule has 0 saturated carbocycles. The fourth-order valence-electron chi connectivity index (χ4n) is 2.67. The maximum absolute atomic E-state index is 5.98. The van der Waals surface area contributed by atoms with Crippen molar-refractivity contribution in [3.8, 4) is 0 Å². The summed E-state index contributed by atoms with van der Waals surface area (Å²) in [5.74, 6) is 0. The van der Waals surface area contributed by atoms with Crippen molar-refractivity contribution in [2.24, 2.45) is 5.73 Å². The Labute approximate surface area is 111 Å². The Morgan fingerprint density at radius 3 is 3.06 bits per heavy atom. The van der Waals surface area contributed by atoms with Crippen LogP contribution in [0.5, 0.6) is 0 Å². The highest BCUT2D eigenvalue weighted by molar-refractivity contribution is 7.09. The molecule has 3 nitrogen and oxygen atoms in total. The fourth-order valence-corrected chi connectivity index (χ4v) is 3.31. The smallest absolute Gasteiger partial charge is 0.107 e. The van der Waals surface area contributed by atoms with Gasteiger partial charge in [0.15, 0.2) is 0 Å². The molecule has 3 rings (SSSR count). The molecule has 4 heteroatoms. The summed E-state index contributed by atoms with van der Waals surface area (Å²) in [4.78, 5) is 6.82. The molecule has 0 amide bonds. The monoisotopic (exact) mass is 259 g/mol. The molecule has 0 bridgehead atoms. The van der Waals surface area contributed by atoms with Crippen LogP contribution in [-0.4, -0.2) is 23.0 Å². The second kappa shape index (κ2) is 5.18. The van der Waals surface area contributed by atoms with Crippen LogP contribution in [0.4, 0.5) is 0 Å². The number of nitrogens with two attached hydrogens (primary N) is 1. The van der Waals surface area contributed by atoms with E-state index in [1.807, 2.05) is 11.6 Å². The van der Waals surface area contributed by atoms with E-state index in [1.165, 1.54) is 16.1 Å². The molecule has 1 atom stereocenters. The summed E-state index contributed by atoms with van der Waals surface area (Å²) in [6, 6.07) is 8.98. The second-order valence-corrected chi connectivity index (χ2v) is 5.58. The molecule has 0 radical (unpaired) electrons. The van der Waals surface area contributed by atoms with E-state index in [0.29, 0.717) is 12.6 Å². The van der Waals surface area contributed by atoms with Gasteiger partial charge in [-0.2, -0.15) is 0 Å². The highest BCUT2D eigenvalue weighted by atomic mass is 32.1. The first-order chi connectivity index (χ1) is 8.88. The van der Waals surface area contributed by atoms with Crippen molar-refractivity contribution in [3.05, 3.63) is 52.0 Å². The van der Waals surface area contributed by atoms with E-state index in [9.17, 15) is 0 Å². The summed E-state index contributed by atoms with van der Waals surface area (Å²) in [5.41, 5.74) is 8.82. The van der Waals surface area contributed by atoms with E-state index in [4.69, 9.17) is 5.73 Å². The predicted octanol–water partition coefficient (Wildman–Crippen LogP) is 2.20. The zero-order valence-corrected chi connectivity index (χ0v) is 11.1. The molecule has 2 aromatic rings. The van der Waals surface area contributed by atoms with Crippen LogP contribution in [0.1, 0.15) is 22.2 Å². The molecule has 0 fully saturated rings. The molecule has 1 aliphatic rings. The van der Waals surface area contributed by atoms with Crippen molar-refractivity contribution in [2.45, 2.75) is 19.0 Å². The van der Waals surface area contributed by atoms with Crippen LogP contribution >= 0.6 is 11.3 Å². The predicted molar refractivity (Wildman–Crippen MR) is 74.5 cm³/mol. The topological polar surface area (TPSA) is 42.1 Å². The lowest BCUT2D eigenvalue weighted by Gasteiger charge is -2.36. The fraction of sp³-hybridized carbons (Fsp3) is 0.357. The second-order valence-electron chi connectivity index (χ2n) is 4.60. The summed E-state index contributed by atoms with van der Waals surface area (Å²) in [6.07, 6.45) is 2.98. The molecule has 1 aromatic carbocycles. The van der Waals surface area contributed by atoms with Crippen LogP contribution in [0.15, 0.2) is 35.8 Å². The van der Waals surface area contributed by atoms with Crippen LogP contribution in [0.25, 0.3) is 0 Å². The molecule has 94 valence electrons. The molecule has 1 aromatic heterocycles. The van der Waals surface area contributed by atoms with Crippen LogP contribution in [-0.2, 0) is 13.0 Å². The Hall–Kier alpha value is -1.23. The van der Waals surface area contributed by atoms with Crippen molar-refractivity contribution < 1.29 is 0 Å². The maximum Gasteiger partial charge on any atom is 0.107 e. The Kier molecular flexibility index (Phi) is 3.41. The van der Waals surface area contributed by atoms with Crippen molar-refractivity contribution in [3.63, 3.8) is 0 Å². The van der Waals surface area contributed by atoms with Crippen molar-refractivity contribution in [2.75, 3.05) is 13.1 Å². The van der Waals surface area contributed by atoms with Gasteiger partial charge in [0.2, 0.25) is 0 Å². The molecule has 1 unspecified atom stereocenters. The number of hydrogen-bond donors (Lipinski definition) is 1. The van der Waals surface area contributed by atoms with Crippen LogP contribution in [0.3, 0.4) is 0 Å². The van der Waals surface area contributed by atoms with Gasteiger partial charge in [0.05, 0.1) is 6.54 Å². The Balaban J connectivity index is 1.85. The minimum atomic E-state index is 0.332. The Morgan fingerprint density at radius 2 is 2.28 bits per heavy atom. The van der Waals surface area contributed by atoms with Gasteiger partial charge in [-0.25, -0.2) is 4.98 Å². The van der Waals surface area contributed by atoms with E-state index in [0.717, 1.165) is 19.5 Å². The molecule has 18 heavy (non-hydrogen) atoms. The third-order valence-electron chi connectivity index (χ3n) is 3.57. The van der Waals surface area contributed by atoms with Crippen LogP contribution in [0.2, 0.25) is 0 Å². The third kappa shape index (κ3) is 2.19.